The smallest absolute Gasteiger partial charge is 0.149 e. The molecule has 1 aliphatic heterocycles. The first kappa shape index (κ1) is 9.19. The summed E-state index contributed by atoms with van der Waals surface area (Å²) in [5.74, 6) is 1.83. The normalized spacial score (nSPS) is 13.9. The van der Waals surface area contributed by atoms with Gasteiger partial charge in [0.2, 0.25) is 0 Å². The molecule has 1 aromatic rings. The van der Waals surface area contributed by atoms with Crippen LogP contribution in [-0.2, 0) is 0 Å². The van der Waals surface area contributed by atoms with E-state index < -0.39 is 0 Å². The molecular weight excluding hydrogens is 178 g/mol. The molecule has 0 saturated carbocycles. The second kappa shape index (κ2) is 3.40. The lowest BCUT2D eigenvalue weighted by Gasteiger charge is -2.24. The van der Waals surface area contributed by atoms with Gasteiger partial charge in [0.15, 0.2) is 0 Å². The molecule has 0 spiro atoms. The van der Waals surface area contributed by atoms with Crippen molar-refractivity contribution in [2.45, 2.75) is 13.8 Å². The van der Waals surface area contributed by atoms with Crippen LogP contribution in [0.15, 0.2) is 6.07 Å². The number of fused-ring (bicyclic) bond motifs is 1. The number of hydrogen-bond donors (Lipinski definition) is 1. The van der Waals surface area contributed by atoms with Crippen LogP contribution in [0.4, 0.5) is 5.69 Å². The second-order valence-electron chi connectivity index (χ2n) is 3.50. The van der Waals surface area contributed by atoms with Crippen LogP contribution in [0, 0.1) is 13.8 Å². The van der Waals surface area contributed by atoms with E-state index in [1.54, 1.807) is 7.11 Å². The first-order valence-corrected chi connectivity index (χ1v) is 4.79. The number of rotatable bonds is 1. The van der Waals surface area contributed by atoms with Crippen LogP contribution in [0.2, 0.25) is 0 Å². The van der Waals surface area contributed by atoms with Crippen LogP contribution in [0.5, 0.6) is 11.5 Å². The highest BCUT2D eigenvalue weighted by molar-refractivity contribution is 5.69. The summed E-state index contributed by atoms with van der Waals surface area (Å²) in [5, 5.41) is 3.34. The van der Waals surface area contributed by atoms with Crippen molar-refractivity contribution < 1.29 is 9.47 Å². The van der Waals surface area contributed by atoms with Crippen molar-refractivity contribution in [3.05, 3.63) is 17.2 Å². The van der Waals surface area contributed by atoms with Crippen molar-refractivity contribution in [1.29, 1.82) is 0 Å². The molecule has 0 atom stereocenters. The van der Waals surface area contributed by atoms with E-state index in [1.165, 1.54) is 5.56 Å². The second-order valence-corrected chi connectivity index (χ2v) is 3.50. The Labute approximate surface area is 84.0 Å². The van der Waals surface area contributed by atoms with Crippen LogP contribution in [0.25, 0.3) is 0 Å². The molecule has 0 fully saturated rings. The first-order valence-electron chi connectivity index (χ1n) is 4.79. The third-order valence-electron chi connectivity index (χ3n) is 2.55. The van der Waals surface area contributed by atoms with Gasteiger partial charge < -0.3 is 14.8 Å². The molecule has 2 rings (SSSR count). The average Bonchev–Trinajstić information content (AvgIpc) is 2.23. The largest absolute Gasteiger partial charge is 0.496 e. The molecule has 0 aromatic heterocycles. The van der Waals surface area contributed by atoms with Gasteiger partial charge in [0, 0.05) is 12.1 Å². The molecule has 3 nitrogen and oxygen atoms in total. The molecule has 0 aliphatic carbocycles. The van der Waals surface area contributed by atoms with E-state index in [2.05, 4.69) is 12.2 Å². The Morgan fingerprint density at radius 3 is 2.93 bits per heavy atom. The summed E-state index contributed by atoms with van der Waals surface area (Å²) in [4.78, 5) is 0. The summed E-state index contributed by atoms with van der Waals surface area (Å²) >= 11 is 0. The molecule has 0 radical (unpaired) electrons. The highest BCUT2D eigenvalue weighted by atomic mass is 16.5. The van der Waals surface area contributed by atoms with Crippen LogP contribution in [-0.4, -0.2) is 20.3 Å². The summed E-state index contributed by atoms with van der Waals surface area (Å²) in [6.07, 6.45) is 0. The summed E-state index contributed by atoms with van der Waals surface area (Å²) in [7, 11) is 1.68. The lowest BCUT2D eigenvalue weighted by molar-refractivity contribution is 0.316. The maximum Gasteiger partial charge on any atom is 0.149 e. The Bertz CT molecular complexity index is 361. The minimum atomic E-state index is 0.723. The van der Waals surface area contributed by atoms with E-state index >= 15 is 0 Å². The molecule has 76 valence electrons. The van der Waals surface area contributed by atoms with Gasteiger partial charge in [-0.15, -0.1) is 0 Å². The number of nitrogens with one attached hydrogen (secondary N) is 1. The van der Waals surface area contributed by atoms with E-state index in [9.17, 15) is 0 Å². The molecule has 1 aliphatic rings. The molecule has 0 unspecified atom stereocenters. The van der Waals surface area contributed by atoms with Crippen LogP contribution in [0.1, 0.15) is 11.1 Å². The summed E-state index contributed by atoms with van der Waals surface area (Å²) < 4.78 is 10.9. The number of hydrogen-bond acceptors (Lipinski definition) is 3. The Balaban J connectivity index is 2.58. The van der Waals surface area contributed by atoms with Crippen molar-refractivity contribution in [2.75, 3.05) is 25.6 Å². The van der Waals surface area contributed by atoms with Crippen molar-refractivity contribution in [2.24, 2.45) is 0 Å². The van der Waals surface area contributed by atoms with Gasteiger partial charge in [0.1, 0.15) is 18.1 Å². The third-order valence-corrected chi connectivity index (χ3v) is 2.55. The van der Waals surface area contributed by atoms with Gasteiger partial charge in [-0.3, -0.25) is 0 Å². The standard InChI is InChI=1S/C11H15NO2/c1-7-6-9(13-3)8(2)11-10(7)12-4-5-14-11/h6,12H,4-5H2,1-3H3. The van der Waals surface area contributed by atoms with Gasteiger partial charge in [0.05, 0.1) is 12.8 Å². The Morgan fingerprint density at radius 2 is 2.21 bits per heavy atom. The SMILES string of the molecule is COc1cc(C)c2c(c1C)OCCN2. The maximum absolute atomic E-state index is 5.64. The highest BCUT2D eigenvalue weighted by Gasteiger charge is 2.17. The van der Waals surface area contributed by atoms with E-state index in [-0.39, 0.29) is 0 Å². The van der Waals surface area contributed by atoms with Crippen LogP contribution >= 0.6 is 0 Å². The van der Waals surface area contributed by atoms with E-state index in [0.29, 0.717) is 0 Å². The molecule has 3 heteroatoms. The fourth-order valence-corrected chi connectivity index (χ4v) is 1.80. The molecule has 0 amide bonds. The zero-order chi connectivity index (χ0) is 10.1. The minimum Gasteiger partial charge on any atom is -0.496 e. The Kier molecular flexibility index (Phi) is 2.23. The highest BCUT2D eigenvalue weighted by Crippen LogP contribution is 2.39. The fraction of sp³-hybridized carbons (Fsp3) is 0.455. The van der Waals surface area contributed by atoms with Gasteiger partial charge in [0.25, 0.3) is 0 Å². The van der Waals surface area contributed by atoms with E-state index in [0.717, 1.165) is 35.9 Å². The quantitative estimate of drug-likeness (QED) is 0.741. The van der Waals surface area contributed by atoms with E-state index in [1.807, 2.05) is 13.0 Å². The van der Waals surface area contributed by atoms with Gasteiger partial charge in [-0.25, -0.2) is 0 Å². The number of methoxy groups -OCH3 is 1. The lowest BCUT2D eigenvalue weighted by Crippen LogP contribution is -2.19. The number of anilines is 1. The molecular formula is C11H15NO2. The third kappa shape index (κ3) is 1.29. The summed E-state index contributed by atoms with van der Waals surface area (Å²) in [6.45, 7) is 5.67. The zero-order valence-electron chi connectivity index (χ0n) is 8.81. The van der Waals surface area contributed by atoms with Gasteiger partial charge in [-0.2, -0.15) is 0 Å². The fourth-order valence-electron chi connectivity index (χ4n) is 1.80. The van der Waals surface area contributed by atoms with Gasteiger partial charge in [-0.1, -0.05) is 0 Å². The van der Waals surface area contributed by atoms with Crippen molar-refractivity contribution in [3.8, 4) is 11.5 Å². The minimum absolute atomic E-state index is 0.723. The lowest BCUT2D eigenvalue weighted by atomic mass is 10.1. The number of aryl methyl sites for hydroxylation is 1. The van der Waals surface area contributed by atoms with Crippen LogP contribution < -0.4 is 14.8 Å². The topological polar surface area (TPSA) is 30.5 Å². The maximum atomic E-state index is 5.64. The van der Waals surface area contributed by atoms with E-state index in [4.69, 9.17) is 9.47 Å². The van der Waals surface area contributed by atoms with Crippen LogP contribution in [0.3, 0.4) is 0 Å². The average molecular weight is 193 g/mol. The molecule has 1 heterocycles. The Morgan fingerprint density at radius 1 is 1.43 bits per heavy atom. The van der Waals surface area contributed by atoms with Crippen molar-refractivity contribution in [1.82, 2.24) is 0 Å². The molecule has 14 heavy (non-hydrogen) atoms. The first-order chi connectivity index (χ1) is 6.74. The Hall–Kier alpha value is -1.38. The number of benzene rings is 1. The molecule has 0 bridgehead atoms. The summed E-state index contributed by atoms with van der Waals surface area (Å²) in [5.41, 5.74) is 3.34. The monoisotopic (exact) mass is 193 g/mol. The van der Waals surface area contributed by atoms with Crippen molar-refractivity contribution >= 4 is 5.69 Å². The zero-order valence-corrected chi connectivity index (χ0v) is 8.81. The number of ether oxygens (including phenoxy) is 2. The predicted octanol–water partition coefficient (Wildman–Crippen LogP) is 2.12. The summed E-state index contributed by atoms with van der Waals surface area (Å²) in [6, 6.07) is 2.04. The molecule has 0 saturated heterocycles. The molecule has 1 aromatic carbocycles. The van der Waals surface area contributed by atoms with Crippen molar-refractivity contribution in [3.63, 3.8) is 0 Å². The molecule has 1 N–H and O–H groups in total. The predicted molar refractivity (Wildman–Crippen MR) is 56.5 cm³/mol. The van der Waals surface area contributed by atoms with Gasteiger partial charge in [-0.05, 0) is 25.5 Å². The van der Waals surface area contributed by atoms with Gasteiger partial charge >= 0.3 is 0 Å².